The highest BCUT2D eigenvalue weighted by molar-refractivity contribution is 7.39. The van der Waals surface area contributed by atoms with E-state index in [2.05, 4.69) is 6.92 Å². The normalized spacial score (nSPS) is 19.5. The molecule has 1 fully saturated rings. The van der Waals surface area contributed by atoms with E-state index >= 15 is 0 Å². The minimum absolute atomic E-state index is 0.146. The van der Waals surface area contributed by atoms with E-state index in [9.17, 15) is 9.69 Å². The van der Waals surface area contributed by atoms with Gasteiger partial charge in [0.05, 0.1) is 13.1 Å². The highest BCUT2D eigenvalue weighted by atomic mass is 31.2. The molecule has 1 aliphatic rings. The minimum atomic E-state index is -2.54. The second-order valence-electron chi connectivity index (χ2n) is 10.2. The number of carbonyl (C=O) groups excluding carboxylic acids is 1. The summed E-state index contributed by atoms with van der Waals surface area (Å²) in [5.74, 6) is 0.146. The second kappa shape index (κ2) is 14.8. The van der Waals surface area contributed by atoms with Crippen LogP contribution in [-0.4, -0.2) is 35.1 Å². The minimum Gasteiger partial charge on any atom is -0.633 e. The number of amides is 1. The summed E-state index contributed by atoms with van der Waals surface area (Å²) < 4.78 is 11.1. The van der Waals surface area contributed by atoms with Gasteiger partial charge >= 0.3 is 0 Å². The highest BCUT2D eigenvalue weighted by Gasteiger charge is 2.39. The van der Waals surface area contributed by atoms with E-state index in [0.717, 1.165) is 12.8 Å². The van der Waals surface area contributed by atoms with Crippen molar-refractivity contribution in [3.63, 3.8) is 0 Å². The van der Waals surface area contributed by atoms with Crippen LogP contribution in [0, 0.1) is 0 Å². The average molecular weight is 446 g/mol. The first-order chi connectivity index (χ1) is 14.2. The second-order valence-corrected chi connectivity index (χ2v) is 11.1. The van der Waals surface area contributed by atoms with Crippen molar-refractivity contribution < 1.29 is 18.7 Å². The Kier molecular flexibility index (Phi) is 13.7. The Morgan fingerprint density at radius 3 is 1.53 bits per heavy atom. The molecule has 5 nitrogen and oxygen atoms in total. The fraction of sp³-hybridized carbons (Fsp3) is 0.958. The maximum absolute atomic E-state index is 12.8. The van der Waals surface area contributed by atoms with Gasteiger partial charge in [-0.3, -0.25) is 4.79 Å². The molecule has 0 aromatic carbocycles. The summed E-state index contributed by atoms with van der Waals surface area (Å²) in [7, 11) is -2.54. The maximum Gasteiger partial charge on any atom is 0.226 e. The summed E-state index contributed by atoms with van der Waals surface area (Å²) in [5, 5.41) is 0. The molecule has 1 amide bonds. The zero-order chi connectivity index (χ0) is 22.5. The molecule has 0 unspecified atom stereocenters. The lowest BCUT2D eigenvalue weighted by molar-refractivity contribution is -0.228. The lowest BCUT2D eigenvalue weighted by Crippen LogP contribution is -2.52. The summed E-state index contributed by atoms with van der Waals surface area (Å²) >= 11 is 0. The van der Waals surface area contributed by atoms with Crippen LogP contribution in [0.1, 0.15) is 125 Å². The van der Waals surface area contributed by atoms with Crippen molar-refractivity contribution in [3.8, 4) is 0 Å². The van der Waals surface area contributed by atoms with E-state index in [0.29, 0.717) is 19.5 Å². The van der Waals surface area contributed by atoms with Crippen molar-refractivity contribution in [2.45, 2.75) is 136 Å². The summed E-state index contributed by atoms with van der Waals surface area (Å²) in [6.07, 6.45) is 17.5. The van der Waals surface area contributed by atoms with E-state index in [1.807, 2.05) is 32.6 Å². The predicted molar refractivity (Wildman–Crippen MR) is 126 cm³/mol. The van der Waals surface area contributed by atoms with Crippen LogP contribution in [-0.2, 0) is 13.8 Å². The Balaban J connectivity index is 2.14. The molecule has 0 bridgehead atoms. The van der Waals surface area contributed by atoms with Crippen LogP contribution in [0.5, 0.6) is 0 Å². The van der Waals surface area contributed by atoms with Crippen molar-refractivity contribution in [2.24, 2.45) is 0 Å². The SMILES string of the molecule is CCCCCCCCCCCCCCCC(=O)N1CC(C)(C)O[PH+]([O-])OC(C)(C)C1. The zero-order valence-corrected chi connectivity index (χ0v) is 21.4. The molecular weight excluding hydrogens is 397 g/mol. The Labute approximate surface area is 187 Å². The van der Waals surface area contributed by atoms with Gasteiger partial charge in [-0.1, -0.05) is 84.0 Å². The molecule has 1 aliphatic heterocycles. The van der Waals surface area contributed by atoms with Crippen molar-refractivity contribution in [3.05, 3.63) is 0 Å². The molecule has 0 radical (unpaired) electrons. The van der Waals surface area contributed by atoms with Crippen LogP contribution in [0.4, 0.5) is 0 Å². The number of nitrogens with zero attached hydrogens (tertiary/aromatic N) is 1. The lowest BCUT2D eigenvalue weighted by atomic mass is 10.0. The van der Waals surface area contributed by atoms with Gasteiger partial charge in [0, 0.05) is 6.42 Å². The van der Waals surface area contributed by atoms with Gasteiger partial charge in [0.2, 0.25) is 14.5 Å². The fourth-order valence-electron chi connectivity index (χ4n) is 4.14. The van der Waals surface area contributed by atoms with Gasteiger partial charge in [0.15, 0.2) is 0 Å². The van der Waals surface area contributed by atoms with Crippen LogP contribution in [0.2, 0.25) is 0 Å². The molecule has 0 aromatic heterocycles. The number of unbranched alkanes of at least 4 members (excludes halogenated alkanes) is 12. The van der Waals surface area contributed by atoms with Crippen LogP contribution < -0.4 is 4.89 Å². The standard InChI is InChI=1S/C24H48NO4P/c1-6-7-8-9-10-11-12-13-14-15-16-17-18-19-22(26)25-20-23(2,3)28-30(27)29-24(4,5)21-25/h30H,6-21H2,1-5H3. The van der Waals surface area contributed by atoms with Gasteiger partial charge in [-0.15, -0.1) is 0 Å². The molecule has 1 heterocycles. The predicted octanol–water partition coefficient (Wildman–Crippen LogP) is 6.22. The Hall–Kier alpha value is -0.220. The van der Waals surface area contributed by atoms with Gasteiger partial charge in [-0.05, 0) is 34.1 Å². The third-order valence-corrected chi connectivity index (χ3v) is 7.15. The lowest BCUT2D eigenvalue weighted by Gasteiger charge is -2.40. The van der Waals surface area contributed by atoms with Gasteiger partial charge in [0.1, 0.15) is 11.2 Å². The molecule has 6 heteroatoms. The zero-order valence-electron chi connectivity index (χ0n) is 20.4. The van der Waals surface area contributed by atoms with Crippen LogP contribution >= 0.6 is 8.60 Å². The molecule has 0 saturated carbocycles. The van der Waals surface area contributed by atoms with Crippen molar-refractivity contribution in [1.29, 1.82) is 0 Å². The first kappa shape index (κ1) is 27.8. The molecule has 1 rings (SSSR count). The van der Waals surface area contributed by atoms with Crippen LogP contribution in [0.15, 0.2) is 0 Å². The summed E-state index contributed by atoms with van der Waals surface area (Å²) in [5.41, 5.74) is -1.31. The smallest absolute Gasteiger partial charge is 0.226 e. The molecule has 30 heavy (non-hydrogen) atoms. The monoisotopic (exact) mass is 445 g/mol. The highest BCUT2D eigenvalue weighted by Crippen LogP contribution is 2.41. The van der Waals surface area contributed by atoms with Crippen molar-refractivity contribution in [2.75, 3.05) is 13.1 Å². The Morgan fingerprint density at radius 1 is 0.767 bits per heavy atom. The van der Waals surface area contributed by atoms with Crippen molar-refractivity contribution >= 4 is 14.5 Å². The first-order valence-corrected chi connectivity index (χ1v) is 13.6. The van der Waals surface area contributed by atoms with E-state index in [-0.39, 0.29) is 5.91 Å². The Morgan fingerprint density at radius 2 is 1.13 bits per heavy atom. The summed E-state index contributed by atoms with van der Waals surface area (Å²) in [6, 6.07) is 0. The van der Waals surface area contributed by atoms with Gasteiger partial charge in [-0.2, -0.15) is 0 Å². The molecule has 178 valence electrons. The Bertz CT molecular complexity index is 450. The summed E-state index contributed by atoms with van der Waals surface area (Å²) in [4.78, 5) is 26.6. The largest absolute Gasteiger partial charge is 0.633 e. The molecule has 0 aliphatic carbocycles. The molecule has 0 spiro atoms. The fourth-order valence-corrected chi connectivity index (χ4v) is 5.21. The van der Waals surface area contributed by atoms with Gasteiger partial charge in [-0.25, -0.2) is 9.05 Å². The number of rotatable bonds is 14. The number of hydrogen-bond donors (Lipinski definition) is 0. The van der Waals surface area contributed by atoms with E-state index in [1.54, 1.807) is 0 Å². The molecule has 0 atom stereocenters. The number of carbonyl (C=O) groups is 1. The van der Waals surface area contributed by atoms with Gasteiger partial charge in [0.25, 0.3) is 0 Å². The average Bonchev–Trinajstić information content (AvgIpc) is 2.62. The van der Waals surface area contributed by atoms with E-state index in [4.69, 9.17) is 9.05 Å². The number of hydrogen-bond acceptors (Lipinski definition) is 4. The van der Waals surface area contributed by atoms with E-state index < -0.39 is 19.8 Å². The van der Waals surface area contributed by atoms with Crippen LogP contribution in [0.25, 0.3) is 0 Å². The third-order valence-electron chi connectivity index (χ3n) is 5.71. The quantitative estimate of drug-likeness (QED) is 0.235. The third kappa shape index (κ3) is 13.2. The van der Waals surface area contributed by atoms with Gasteiger partial charge < -0.3 is 9.79 Å². The first-order valence-electron chi connectivity index (χ1n) is 12.3. The topological polar surface area (TPSA) is 61.8 Å². The van der Waals surface area contributed by atoms with Crippen LogP contribution in [0.3, 0.4) is 0 Å². The molecule has 0 N–H and O–H groups in total. The molecule has 1 saturated heterocycles. The van der Waals surface area contributed by atoms with E-state index in [1.165, 1.54) is 70.6 Å². The maximum atomic E-state index is 12.8. The molecule has 0 aromatic rings. The summed E-state index contributed by atoms with van der Waals surface area (Å²) in [6.45, 7) is 10.6. The molecular formula is C24H48NO4P. The van der Waals surface area contributed by atoms with Crippen molar-refractivity contribution in [1.82, 2.24) is 4.90 Å².